The summed E-state index contributed by atoms with van der Waals surface area (Å²) in [6.45, 7) is 1.97. The summed E-state index contributed by atoms with van der Waals surface area (Å²) in [5.74, 6) is -0.755. The van der Waals surface area contributed by atoms with Crippen LogP contribution >= 0.6 is 11.6 Å². The lowest BCUT2D eigenvalue weighted by atomic mass is 10.1. The fourth-order valence-electron chi connectivity index (χ4n) is 2.79. The zero-order valence-corrected chi connectivity index (χ0v) is 13.5. The smallest absolute Gasteiger partial charge is 0.183 e. The van der Waals surface area contributed by atoms with E-state index in [-0.39, 0.29) is 10.8 Å². The van der Waals surface area contributed by atoms with E-state index in [0.29, 0.717) is 5.02 Å². The zero-order chi connectivity index (χ0) is 15.9. The number of nitriles is 1. The predicted molar refractivity (Wildman–Crippen MR) is 85.4 cm³/mol. The van der Waals surface area contributed by atoms with E-state index in [2.05, 4.69) is 6.07 Å². The Morgan fingerprint density at radius 1 is 1.05 bits per heavy atom. The number of hydrogen-bond acceptors (Lipinski definition) is 3. The van der Waals surface area contributed by atoms with Crippen LogP contribution in [0.2, 0.25) is 5.02 Å². The van der Waals surface area contributed by atoms with Gasteiger partial charge in [0.1, 0.15) is 0 Å². The van der Waals surface area contributed by atoms with E-state index in [0.717, 1.165) is 11.1 Å². The number of benzene rings is 2. The molecule has 0 bridgehead atoms. The Morgan fingerprint density at radius 3 is 2.18 bits per heavy atom. The van der Waals surface area contributed by atoms with Crippen LogP contribution in [0.3, 0.4) is 0 Å². The minimum Gasteiger partial charge on any atom is -0.223 e. The Labute approximate surface area is 135 Å². The molecule has 0 unspecified atom stereocenters. The number of aryl methyl sites for hydroxylation is 1. The summed E-state index contributed by atoms with van der Waals surface area (Å²) in [5, 5.41) is 9.09. The highest BCUT2D eigenvalue weighted by atomic mass is 35.5. The molecule has 1 fully saturated rings. The van der Waals surface area contributed by atoms with E-state index >= 15 is 0 Å². The molecule has 22 heavy (non-hydrogen) atoms. The molecule has 3 atom stereocenters. The Bertz CT molecular complexity index is 836. The van der Waals surface area contributed by atoms with Crippen LogP contribution in [-0.4, -0.2) is 13.7 Å². The maximum Gasteiger partial charge on any atom is 0.183 e. The van der Waals surface area contributed by atoms with Crippen LogP contribution in [0.15, 0.2) is 53.4 Å². The first-order chi connectivity index (χ1) is 10.4. The fraction of sp³-hybridized carbons (Fsp3) is 0.235. The van der Waals surface area contributed by atoms with E-state index in [9.17, 15) is 13.7 Å². The Hall–Kier alpha value is -1.83. The van der Waals surface area contributed by atoms with Crippen LogP contribution in [0.1, 0.15) is 17.0 Å². The van der Waals surface area contributed by atoms with Gasteiger partial charge in [0.15, 0.2) is 9.84 Å². The van der Waals surface area contributed by atoms with Crippen molar-refractivity contribution in [3.05, 3.63) is 64.7 Å². The minimum atomic E-state index is -3.53. The molecule has 0 N–H and O–H groups in total. The van der Waals surface area contributed by atoms with Crippen molar-refractivity contribution in [3.8, 4) is 6.07 Å². The van der Waals surface area contributed by atoms with Gasteiger partial charge in [-0.3, -0.25) is 0 Å². The first-order valence-corrected chi connectivity index (χ1v) is 8.83. The van der Waals surface area contributed by atoms with Gasteiger partial charge in [0.05, 0.1) is 22.1 Å². The lowest BCUT2D eigenvalue weighted by molar-refractivity contribution is 0.593. The zero-order valence-electron chi connectivity index (χ0n) is 11.9. The largest absolute Gasteiger partial charge is 0.223 e. The molecule has 0 aromatic heterocycles. The number of hydrogen-bond donors (Lipinski definition) is 0. The molecular weight excluding hydrogens is 318 g/mol. The molecule has 0 aliphatic heterocycles. The molecule has 5 heteroatoms. The lowest BCUT2D eigenvalue weighted by Crippen LogP contribution is -2.10. The van der Waals surface area contributed by atoms with E-state index in [4.69, 9.17) is 11.6 Å². The van der Waals surface area contributed by atoms with Crippen LogP contribution in [0.25, 0.3) is 0 Å². The van der Waals surface area contributed by atoms with Crippen molar-refractivity contribution >= 4 is 21.4 Å². The van der Waals surface area contributed by atoms with Crippen molar-refractivity contribution in [2.24, 2.45) is 5.92 Å². The second kappa shape index (κ2) is 5.42. The van der Waals surface area contributed by atoms with Gasteiger partial charge in [-0.15, -0.1) is 0 Å². The van der Waals surface area contributed by atoms with Gasteiger partial charge in [0, 0.05) is 10.9 Å². The van der Waals surface area contributed by atoms with Crippen LogP contribution in [0.4, 0.5) is 0 Å². The summed E-state index contributed by atoms with van der Waals surface area (Å²) in [6.07, 6.45) is 0. The topological polar surface area (TPSA) is 57.9 Å². The lowest BCUT2D eigenvalue weighted by Gasteiger charge is -2.04. The average molecular weight is 332 g/mol. The summed E-state index contributed by atoms with van der Waals surface area (Å²) in [4.78, 5) is 0.219. The molecule has 0 spiro atoms. The highest BCUT2D eigenvalue weighted by molar-refractivity contribution is 7.92. The van der Waals surface area contributed by atoms with Crippen LogP contribution in [0.5, 0.6) is 0 Å². The van der Waals surface area contributed by atoms with Gasteiger partial charge in [0.25, 0.3) is 0 Å². The van der Waals surface area contributed by atoms with Crippen LogP contribution in [-0.2, 0) is 9.84 Å². The molecule has 1 aliphatic rings. The standard InChI is InChI=1S/C17H14ClNO2S/c1-11-2-4-12(5-3-11)16-15(10-19)17(16)22(20,21)14-8-6-13(18)7-9-14/h2-9,15-17H,1H3/t15-,16+,17+/m1/s1. The third-order valence-electron chi connectivity index (χ3n) is 4.07. The van der Waals surface area contributed by atoms with Crippen LogP contribution in [0, 0.1) is 24.2 Å². The van der Waals surface area contributed by atoms with Gasteiger partial charge in [-0.1, -0.05) is 41.4 Å². The third-order valence-corrected chi connectivity index (χ3v) is 6.55. The first kappa shape index (κ1) is 15.1. The number of rotatable bonds is 3. The van der Waals surface area contributed by atoms with Crippen molar-refractivity contribution in [1.29, 1.82) is 5.26 Å². The summed E-state index contributed by atoms with van der Waals surface area (Å²) >= 11 is 5.81. The molecule has 0 saturated heterocycles. The molecule has 1 saturated carbocycles. The quantitative estimate of drug-likeness (QED) is 0.861. The molecule has 0 heterocycles. The minimum absolute atomic E-state index is 0.219. The Balaban J connectivity index is 1.95. The Kier molecular flexibility index (Phi) is 3.72. The van der Waals surface area contributed by atoms with E-state index in [1.165, 1.54) is 12.1 Å². The average Bonchev–Trinajstić information content (AvgIpc) is 3.24. The SMILES string of the molecule is Cc1ccc([C@H]2[C@@H](C#N)[C@@H]2S(=O)(=O)c2ccc(Cl)cc2)cc1. The highest BCUT2D eigenvalue weighted by Crippen LogP contribution is 2.53. The summed E-state index contributed by atoms with van der Waals surface area (Å²) in [6, 6.07) is 15.9. The van der Waals surface area contributed by atoms with Gasteiger partial charge in [0.2, 0.25) is 0 Å². The predicted octanol–water partition coefficient (Wildman–Crippen LogP) is 3.73. The van der Waals surface area contributed by atoms with Crippen molar-refractivity contribution in [3.63, 3.8) is 0 Å². The summed E-state index contributed by atoms with van der Waals surface area (Å²) in [5.41, 5.74) is 2.01. The first-order valence-electron chi connectivity index (χ1n) is 6.91. The van der Waals surface area contributed by atoms with Gasteiger partial charge < -0.3 is 0 Å². The van der Waals surface area contributed by atoms with Gasteiger partial charge >= 0.3 is 0 Å². The van der Waals surface area contributed by atoms with Gasteiger partial charge in [-0.25, -0.2) is 8.42 Å². The maximum atomic E-state index is 12.7. The molecular formula is C17H14ClNO2S. The van der Waals surface area contributed by atoms with E-state index < -0.39 is 21.0 Å². The molecule has 2 aromatic rings. The van der Waals surface area contributed by atoms with Crippen LogP contribution < -0.4 is 0 Å². The van der Waals surface area contributed by atoms with Gasteiger partial charge in [-0.2, -0.15) is 5.26 Å². The molecule has 0 amide bonds. The second-order valence-corrected chi connectivity index (χ2v) is 8.10. The summed E-state index contributed by atoms with van der Waals surface area (Å²) in [7, 11) is -3.53. The fourth-order valence-corrected chi connectivity index (χ4v) is 4.98. The maximum absolute atomic E-state index is 12.7. The normalized spacial score (nSPS) is 23.8. The van der Waals surface area contributed by atoms with E-state index in [1.807, 2.05) is 31.2 Å². The Morgan fingerprint density at radius 2 is 1.64 bits per heavy atom. The van der Waals surface area contributed by atoms with Gasteiger partial charge in [-0.05, 0) is 36.8 Å². The molecule has 3 rings (SSSR count). The number of sulfone groups is 1. The summed E-state index contributed by atoms with van der Waals surface area (Å²) < 4.78 is 25.5. The number of halogens is 1. The van der Waals surface area contributed by atoms with E-state index in [1.54, 1.807) is 12.1 Å². The molecule has 2 aromatic carbocycles. The molecule has 0 radical (unpaired) electrons. The van der Waals surface area contributed by atoms with Crippen molar-refractivity contribution in [2.45, 2.75) is 23.0 Å². The van der Waals surface area contributed by atoms with Crippen molar-refractivity contribution < 1.29 is 8.42 Å². The van der Waals surface area contributed by atoms with Crippen molar-refractivity contribution in [2.75, 3.05) is 0 Å². The number of nitrogens with zero attached hydrogens (tertiary/aromatic N) is 1. The second-order valence-electron chi connectivity index (χ2n) is 5.55. The third kappa shape index (κ3) is 2.51. The molecule has 112 valence electrons. The monoisotopic (exact) mass is 331 g/mol. The molecule has 1 aliphatic carbocycles. The van der Waals surface area contributed by atoms with Crippen molar-refractivity contribution in [1.82, 2.24) is 0 Å². The molecule has 3 nitrogen and oxygen atoms in total. The highest BCUT2D eigenvalue weighted by Gasteiger charge is 2.59.